The zero-order valence-electron chi connectivity index (χ0n) is 17.4. The number of benzene rings is 3. The molecule has 3 aromatic carbocycles. The third-order valence-corrected chi connectivity index (χ3v) is 5.99. The van der Waals surface area contributed by atoms with E-state index in [1.54, 1.807) is 31.2 Å². The van der Waals surface area contributed by atoms with Gasteiger partial charge in [-0.2, -0.15) is 0 Å². The molecule has 0 fully saturated rings. The lowest BCUT2D eigenvalue weighted by Crippen LogP contribution is -2.20. The van der Waals surface area contributed by atoms with Crippen LogP contribution in [0.2, 0.25) is 0 Å². The molecule has 5 nitrogen and oxygen atoms in total. The lowest BCUT2D eigenvalue weighted by atomic mass is 10.1. The van der Waals surface area contributed by atoms with Gasteiger partial charge in [-0.05, 0) is 78.9 Å². The zero-order valence-corrected chi connectivity index (χ0v) is 18.2. The SMILES string of the molecule is CCc1ccc(S(=O)NCCc2ccc(Oc3ccc(F)c(C)c3)cc2)cc1C(=O)O. The van der Waals surface area contributed by atoms with Crippen molar-refractivity contribution in [2.75, 3.05) is 6.54 Å². The molecule has 0 aliphatic heterocycles. The fourth-order valence-electron chi connectivity index (χ4n) is 3.09. The Labute approximate surface area is 183 Å². The lowest BCUT2D eigenvalue weighted by molar-refractivity contribution is 0.0695. The number of ether oxygens (including phenoxy) is 1. The number of hydrogen-bond donors (Lipinski definition) is 2. The fraction of sp³-hybridized carbons (Fsp3) is 0.208. The zero-order chi connectivity index (χ0) is 22.4. The molecule has 0 bridgehead atoms. The number of carboxylic acid groups (broad SMARTS) is 1. The van der Waals surface area contributed by atoms with Crippen LogP contribution in [-0.2, 0) is 23.8 Å². The van der Waals surface area contributed by atoms with Crippen molar-refractivity contribution in [1.29, 1.82) is 0 Å². The molecule has 3 rings (SSSR count). The fourth-order valence-corrected chi connectivity index (χ4v) is 3.96. The summed E-state index contributed by atoms with van der Waals surface area (Å²) in [5, 5.41) is 9.32. The van der Waals surface area contributed by atoms with Crippen LogP contribution < -0.4 is 9.46 Å². The predicted molar refractivity (Wildman–Crippen MR) is 119 cm³/mol. The van der Waals surface area contributed by atoms with Gasteiger partial charge in [0.1, 0.15) is 28.3 Å². The van der Waals surface area contributed by atoms with Gasteiger partial charge < -0.3 is 9.84 Å². The van der Waals surface area contributed by atoms with Crippen LogP contribution in [0, 0.1) is 12.7 Å². The molecule has 2 N–H and O–H groups in total. The highest BCUT2D eigenvalue weighted by atomic mass is 32.2. The topological polar surface area (TPSA) is 75.6 Å². The maximum atomic E-state index is 13.4. The Kier molecular flexibility index (Phi) is 7.55. The molecule has 0 aromatic heterocycles. The quantitative estimate of drug-likeness (QED) is 0.488. The summed E-state index contributed by atoms with van der Waals surface area (Å²) in [6, 6.07) is 16.9. The molecular weight excluding hydrogens is 417 g/mol. The second-order valence-electron chi connectivity index (χ2n) is 7.05. The van der Waals surface area contributed by atoms with Crippen molar-refractivity contribution in [2.24, 2.45) is 0 Å². The highest BCUT2D eigenvalue weighted by Crippen LogP contribution is 2.24. The largest absolute Gasteiger partial charge is 0.478 e. The first kappa shape index (κ1) is 22.7. The number of halogens is 1. The van der Waals surface area contributed by atoms with Gasteiger partial charge in [0.25, 0.3) is 0 Å². The van der Waals surface area contributed by atoms with Gasteiger partial charge in [0.2, 0.25) is 0 Å². The summed E-state index contributed by atoms with van der Waals surface area (Å²) < 4.78 is 34.5. The van der Waals surface area contributed by atoms with Crippen molar-refractivity contribution in [2.45, 2.75) is 31.6 Å². The van der Waals surface area contributed by atoms with E-state index in [0.29, 0.717) is 46.9 Å². The lowest BCUT2D eigenvalue weighted by Gasteiger charge is -2.09. The third-order valence-electron chi connectivity index (χ3n) is 4.84. The molecule has 0 saturated carbocycles. The van der Waals surface area contributed by atoms with E-state index in [0.717, 1.165) is 5.56 Å². The first-order valence-corrected chi connectivity index (χ1v) is 11.1. The molecule has 1 unspecified atom stereocenters. The summed E-state index contributed by atoms with van der Waals surface area (Å²) in [4.78, 5) is 11.8. The molecule has 0 heterocycles. The summed E-state index contributed by atoms with van der Waals surface area (Å²) >= 11 is 0. The van der Waals surface area contributed by atoms with Crippen molar-refractivity contribution in [3.05, 3.63) is 88.7 Å². The third kappa shape index (κ3) is 5.99. The highest BCUT2D eigenvalue weighted by Gasteiger charge is 2.12. The number of rotatable bonds is 9. The van der Waals surface area contributed by atoms with E-state index in [2.05, 4.69) is 4.72 Å². The Hall–Kier alpha value is -3.03. The maximum absolute atomic E-state index is 13.4. The summed E-state index contributed by atoms with van der Waals surface area (Å²) in [5.41, 5.74) is 2.45. The number of carboxylic acids is 1. The van der Waals surface area contributed by atoms with E-state index >= 15 is 0 Å². The van der Waals surface area contributed by atoms with E-state index in [-0.39, 0.29) is 11.4 Å². The molecule has 31 heavy (non-hydrogen) atoms. The number of aromatic carboxylic acids is 1. The number of hydrogen-bond acceptors (Lipinski definition) is 3. The molecule has 7 heteroatoms. The number of nitrogens with one attached hydrogen (secondary N) is 1. The Morgan fingerprint density at radius 2 is 1.77 bits per heavy atom. The molecule has 0 radical (unpaired) electrons. The van der Waals surface area contributed by atoms with E-state index in [9.17, 15) is 18.5 Å². The summed E-state index contributed by atoms with van der Waals surface area (Å²) in [6.07, 6.45) is 1.24. The van der Waals surface area contributed by atoms with E-state index in [1.165, 1.54) is 12.1 Å². The number of aryl methyl sites for hydroxylation is 2. The highest BCUT2D eigenvalue weighted by molar-refractivity contribution is 7.83. The van der Waals surface area contributed by atoms with Crippen LogP contribution in [0.3, 0.4) is 0 Å². The molecular formula is C24H24FNO4S. The minimum atomic E-state index is -1.50. The minimum absolute atomic E-state index is 0.182. The van der Waals surface area contributed by atoms with Crippen LogP contribution in [0.1, 0.15) is 34.0 Å². The second-order valence-corrected chi connectivity index (χ2v) is 8.35. The van der Waals surface area contributed by atoms with E-state index < -0.39 is 17.0 Å². The van der Waals surface area contributed by atoms with Gasteiger partial charge in [0.05, 0.1) is 10.5 Å². The van der Waals surface area contributed by atoms with Crippen molar-refractivity contribution in [1.82, 2.24) is 4.72 Å². The Morgan fingerprint density at radius 3 is 2.42 bits per heavy atom. The van der Waals surface area contributed by atoms with Gasteiger partial charge in [-0.3, -0.25) is 0 Å². The number of carbonyl (C=O) groups is 1. The van der Waals surface area contributed by atoms with Crippen molar-refractivity contribution in [3.8, 4) is 11.5 Å². The minimum Gasteiger partial charge on any atom is -0.478 e. The van der Waals surface area contributed by atoms with Gasteiger partial charge in [-0.25, -0.2) is 18.1 Å². The van der Waals surface area contributed by atoms with Crippen LogP contribution in [-0.4, -0.2) is 21.8 Å². The van der Waals surface area contributed by atoms with E-state index in [1.807, 2.05) is 31.2 Å². The smallest absolute Gasteiger partial charge is 0.336 e. The van der Waals surface area contributed by atoms with Crippen LogP contribution in [0.5, 0.6) is 11.5 Å². The summed E-state index contributed by atoms with van der Waals surface area (Å²) in [5.74, 6) is -0.0797. The van der Waals surface area contributed by atoms with Gasteiger partial charge in [0.15, 0.2) is 0 Å². The Balaban J connectivity index is 1.54. The van der Waals surface area contributed by atoms with E-state index in [4.69, 9.17) is 4.74 Å². The van der Waals surface area contributed by atoms with Gasteiger partial charge in [-0.15, -0.1) is 0 Å². The Morgan fingerprint density at radius 1 is 1.06 bits per heavy atom. The van der Waals surface area contributed by atoms with Crippen LogP contribution >= 0.6 is 0 Å². The summed E-state index contributed by atoms with van der Waals surface area (Å²) in [7, 11) is -1.50. The van der Waals surface area contributed by atoms with Gasteiger partial charge in [0, 0.05) is 6.54 Å². The molecule has 0 aliphatic carbocycles. The summed E-state index contributed by atoms with van der Waals surface area (Å²) in [6.45, 7) is 4.03. The van der Waals surface area contributed by atoms with Crippen molar-refractivity contribution < 1.29 is 23.2 Å². The molecule has 0 spiro atoms. The maximum Gasteiger partial charge on any atom is 0.336 e. The second kappa shape index (κ2) is 10.3. The average molecular weight is 442 g/mol. The molecule has 1 atom stereocenters. The standard InChI is InChI=1S/C24H24FNO4S/c1-3-18-6-10-21(15-22(18)24(27)28)31(29)26-13-12-17-4-7-19(8-5-17)30-20-9-11-23(25)16(2)14-20/h4-11,14-15,26H,3,12-13H2,1-2H3,(H,27,28). The first-order chi connectivity index (χ1) is 14.9. The Bertz CT molecular complexity index is 1100. The molecule has 0 aliphatic rings. The monoisotopic (exact) mass is 441 g/mol. The van der Waals surface area contributed by atoms with Crippen LogP contribution in [0.25, 0.3) is 0 Å². The van der Waals surface area contributed by atoms with Crippen LogP contribution in [0.15, 0.2) is 65.6 Å². The predicted octanol–water partition coefficient (Wildman–Crippen LogP) is 5.04. The van der Waals surface area contributed by atoms with Crippen LogP contribution in [0.4, 0.5) is 4.39 Å². The molecule has 3 aromatic rings. The molecule has 0 saturated heterocycles. The normalized spacial score (nSPS) is 11.8. The van der Waals surface area contributed by atoms with Gasteiger partial charge >= 0.3 is 5.97 Å². The first-order valence-electron chi connectivity index (χ1n) is 9.92. The molecule has 162 valence electrons. The van der Waals surface area contributed by atoms with Crippen molar-refractivity contribution >= 4 is 17.0 Å². The van der Waals surface area contributed by atoms with Crippen molar-refractivity contribution in [3.63, 3.8) is 0 Å². The average Bonchev–Trinajstić information content (AvgIpc) is 2.77. The molecule has 0 amide bonds. The van der Waals surface area contributed by atoms with Gasteiger partial charge in [-0.1, -0.05) is 25.1 Å².